The van der Waals surface area contributed by atoms with E-state index in [1.54, 1.807) is 19.1 Å². The molecule has 1 aliphatic heterocycles. The van der Waals surface area contributed by atoms with Gasteiger partial charge in [-0.1, -0.05) is 30.3 Å². The second-order valence-electron chi connectivity index (χ2n) is 7.33. The molecule has 6 nitrogen and oxygen atoms in total. The molecule has 0 fully saturated rings. The molecule has 1 amide bonds. The van der Waals surface area contributed by atoms with Crippen molar-refractivity contribution < 1.29 is 22.3 Å². The largest absolute Gasteiger partial charge is 0.492 e. The fourth-order valence-electron chi connectivity index (χ4n) is 3.76. The average Bonchev–Trinajstić information content (AvgIpc) is 2.80. The van der Waals surface area contributed by atoms with Gasteiger partial charge in [-0.2, -0.15) is 0 Å². The van der Waals surface area contributed by atoms with Gasteiger partial charge in [-0.05, 0) is 61.7 Å². The lowest BCUT2D eigenvalue weighted by molar-refractivity contribution is 0.102. The molecule has 8 heteroatoms. The van der Waals surface area contributed by atoms with Gasteiger partial charge in [-0.25, -0.2) is 12.8 Å². The Labute approximate surface area is 186 Å². The van der Waals surface area contributed by atoms with E-state index in [0.29, 0.717) is 31.0 Å². The zero-order valence-electron chi connectivity index (χ0n) is 17.5. The lowest BCUT2D eigenvalue weighted by Crippen LogP contribution is -2.35. The second-order valence-corrected chi connectivity index (χ2v) is 9.20. The van der Waals surface area contributed by atoms with E-state index in [2.05, 4.69) is 5.32 Å². The van der Waals surface area contributed by atoms with Crippen LogP contribution in [0.4, 0.5) is 15.8 Å². The first-order valence-electron chi connectivity index (χ1n) is 10.3. The lowest BCUT2D eigenvalue weighted by atomic mass is 10.0. The number of para-hydroxylation sites is 1. The SMILES string of the molecule is CCOc1ccc(S(=O)(=O)N2CCCc3ccccc32)cc1NC(=O)c1ccccc1F. The van der Waals surface area contributed by atoms with E-state index in [1.807, 2.05) is 18.2 Å². The summed E-state index contributed by atoms with van der Waals surface area (Å²) >= 11 is 0. The third-order valence-electron chi connectivity index (χ3n) is 5.27. The number of carbonyl (C=O) groups excluding carboxylic acids is 1. The molecule has 4 rings (SSSR count). The summed E-state index contributed by atoms with van der Waals surface area (Å²) in [4.78, 5) is 12.7. The van der Waals surface area contributed by atoms with Crippen LogP contribution in [0.15, 0.2) is 71.6 Å². The van der Waals surface area contributed by atoms with Crippen molar-refractivity contribution in [3.8, 4) is 5.75 Å². The van der Waals surface area contributed by atoms with Gasteiger partial charge in [0.15, 0.2) is 0 Å². The van der Waals surface area contributed by atoms with Crippen molar-refractivity contribution in [1.29, 1.82) is 0 Å². The minimum Gasteiger partial charge on any atom is -0.492 e. The van der Waals surface area contributed by atoms with Crippen LogP contribution >= 0.6 is 0 Å². The van der Waals surface area contributed by atoms with Crippen LogP contribution in [0.3, 0.4) is 0 Å². The van der Waals surface area contributed by atoms with E-state index in [4.69, 9.17) is 4.74 Å². The van der Waals surface area contributed by atoms with Crippen LogP contribution in [0, 0.1) is 5.82 Å². The smallest absolute Gasteiger partial charge is 0.264 e. The molecule has 0 unspecified atom stereocenters. The molecule has 0 radical (unpaired) electrons. The first kappa shape index (κ1) is 21.8. The highest BCUT2D eigenvalue weighted by Crippen LogP contribution is 2.34. The highest BCUT2D eigenvalue weighted by Gasteiger charge is 2.29. The van der Waals surface area contributed by atoms with Crippen LogP contribution in [0.1, 0.15) is 29.3 Å². The number of amides is 1. The Morgan fingerprint density at radius 1 is 1.09 bits per heavy atom. The molecule has 1 N–H and O–H groups in total. The van der Waals surface area contributed by atoms with Crippen molar-refractivity contribution in [2.75, 3.05) is 22.8 Å². The Bertz CT molecular complexity index is 1260. The molecule has 1 aliphatic rings. The van der Waals surface area contributed by atoms with Crippen LogP contribution < -0.4 is 14.4 Å². The third kappa shape index (κ3) is 4.18. The quantitative estimate of drug-likeness (QED) is 0.590. The van der Waals surface area contributed by atoms with Crippen LogP contribution in [0.5, 0.6) is 5.75 Å². The number of ether oxygens (including phenoxy) is 1. The van der Waals surface area contributed by atoms with Crippen LogP contribution in [0.25, 0.3) is 0 Å². The van der Waals surface area contributed by atoms with Crippen LogP contribution in [0.2, 0.25) is 0 Å². The predicted octanol–water partition coefficient (Wildman–Crippen LogP) is 4.62. The zero-order chi connectivity index (χ0) is 22.7. The molecule has 0 saturated carbocycles. The maximum atomic E-state index is 14.0. The number of nitrogens with zero attached hydrogens (tertiary/aromatic N) is 1. The van der Waals surface area contributed by atoms with E-state index in [1.165, 1.54) is 40.7 Å². The number of nitrogens with one attached hydrogen (secondary N) is 1. The summed E-state index contributed by atoms with van der Waals surface area (Å²) in [5, 5.41) is 2.60. The topological polar surface area (TPSA) is 75.7 Å². The summed E-state index contributed by atoms with van der Waals surface area (Å²) in [6.45, 7) is 2.45. The van der Waals surface area contributed by atoms with Gasteiger partial charge in [-0.3, -0.25) is 9.10 Å². The van der Waals surface area contributed by atoms with E-state index in [9.17, 15) is 17.6 Å². The van der Waals surface area contributed by atoms with Gasteiger partial charge in [0, 0.05) is 6.54 Å². The molecule has 0 bridgehead atoms. The van der Waals surface area contributed by atoms with Gasteiger partial charge < -0.3 is 10.1 Å². The maximum Gasteiger partial charge on any atom is 0.264 e. The number of hydrogen-bond donors (Lipinski definition) is 1. The van der Waals surface area contributed by atoms with Gasteiger partial charge >= 0.3 is 0 Å². The Hall–Kier alpha value is -3.39. The Morgan fingerprint density at radius 3 is 2.62 bits per heavy atom. The average molecular weight is 455 g/mol. The van der Waals surface area contributed by atoms with E-state index in [-0.39, 0.29) is 16.1 Å². The molecule has 0 aromatic heterocycles. The van der Waals surface area contributed by atoms with Crippen molar-refractivity contribution in [2.24, 2.45) is 0 Å². The molecule has 166 valence electrons. The lowest BCUT2D eigenvalue weighted by Gasteiger charge is -2.30. The predicted molar refractivity (Wildman–Crippen MR) is 121 cm³/mol. The molecule has 1 heterocycles. The second kappa shape index (κ2) is 9.00. The molecule has 0 atom stereocenters. The first-order valence-corrected chi connectivity index (χ1v) is 11.8. The molecule has 0 spiro atoms. The summed E-state index contributed by atoms with van der Waals surface area (Å²) in [7, 11) is -3.89. The van der Waals surface area contributed by atoms with E-state index < -0.39 is 21.7 Å². The molecule has 3 aromatic rings. The van der Waals surface area contributed by atoms with E-state index in [0.717, 1.165) is 12.0 Å². The zero-order valence-corrected chi connectivity index (χ0v) is 18.4. The standard InChI is InChI=1S/C24H23FN2O4S/c1-2-31-23-14-13-18(16-21(23)26-24(28)19-10-4-5-11-20(19)25)32(29,30)27-15-7-9-17-8-3-6-12-22(17)27/h3-6,8,10-14,16H,2,7,9,15H2,1H3,(H,26,28). The third-order valence-corrected chi connectivity index (χ3v) is 7.08. The van der Waals surface area contributed by atoms with Crippen molar-refractivity contribution in [2.45, 2.75) is 24.7 Å². The number of rotatable bonds is 6. The molecular formula is C24H23FN2O4S. The monoisotopic (exact) mass is 454 g/mol. The van der Waals surface area contributed by atoms with Gasteiger partial charge in [0.1, 0.15) is 11.6 Å². The highest BCUT2D eigenvalue weighted by atomic mass is 32.2. The molecular weight excluding hydrogens is 431 g/mol. The van der Waals surface area contributed by atoms with Gasteiger partial charge in [0.2, 0.25) is 0 Å². The minimum atomic E-state index is -3.89. The number of anilines is 2. The number of halogens is 1. The summed E-state index contributed by atoms with van der Waals surface area (Å²) < 4.78 is 48.0. The number of hydrogen-bond acceptors (Lipinski definition) is 4. The Morgan fingerprint density at radius 2 is 1.84 bits per heavy atom. The number of sulfonamides is 1. The maximum absolute atomic E-state index is 14.0. The van der Waals surface area contributed by atoms with Gasteiger partial charge in [0.05, 0.1) is 28.4 Å². The molecule has 3 aromatic carbocycles. The Kier molecular flexibility index (Phi) is 6.14. The number of benzene rings is 3. The van der Waals surface area contributed by atoms with Crippen LogP contribution in [-0.4, -0.2) is 27.5 Å². The van der Waals surface area contributed by atoms with E-state index >= 15 is 0 Å². The molecule has 0 saturated heterocycles. The summed E-state index contributed by atoms with van der Waals surface area (Å²) in [5.41, 5.74) is 1.64. The number of fused-ring (bicyclic) bond motifs is 1. The number of carbonyl (C=O) groups is 1. The molecule has 0 aliphatic carbocycles. The first-order chi connectivity index (χ1) is 15.4. The van der Waals surface area contributed by atoms with Gasteiger partial charge in [-0.15, -0.1) is 0 Å². The normalized spacial score (nSPS) is 13.4. The summed E-state index contributed by atoms with van der Waals surface area (Å²) in [6, 6.07) is 17.3. The van der Waals surface area contributed by atoms with Crippen molar-refractivity contribution in [3.63, 3.8) is 0 Å². The van der Waals surface area contributed by atoms with Gasteiger partial charge in [0.25, 0.3) is 15.9 Å². The van der Waals surface area contributed by atoms with Crippen molar-refractivity contribution in [1.82, 2.24) is 0 Å². The fourth-order valence-corrected chi connectivity index (χ4v) is 5.33. The molecule has 32 heavy (non-hydrogen) atoms. The van der Waals surface area contributed by atoms with Crippen molar-refractivity contribution >= 4 is 27.3 Å². The Balaban J connectivity index is 1.72. The highest BCUT2D eigenvalue weighted by molar-refractivity contribution is 7.92. The summed E-state index contributed by atoms with van der Waals surface area (Å²) in [6.07, 6.45) is 1.53. The van der Waals surface area contributed by atoms with Crippen LogP contribution in [-0.2, 0) is 16.4 Å². The fraction of sp³-hybridized carbons (Fsp3) is 0.208. The number of aryl methyl sites for hydroxylation is 1. The minimum absolute atomic E-state index is 0.0153. The van der Waals surface area contributed by atoms with Crippen molar-refractivity contribution in [3.05, 3.63) is 83.7 Å². The summed E-state index contributed by atoms with van der Waals surface area (Å²) in [5.74, 6) is -1.06.